The van der Waals surface area contributed by atoms with E-state index in [0.717, 1.165) is 30.3 Å². The van der Waals surface area contributed by atoms with Crippen LogP contribution in [0.1, 0.15) is 12.1 Å². The molecule has 2 aliphatic heterocycles. The van der Waals surface area contributed by atoms with Gasteiger partial charge in [-0.15, -0.1) is 0 Å². The fourth-order valence-corrected chi connectivity index (χ4v) is 5.17. The van der Waals surface area contributed by atoms with Crippen molar-refractivity contribution in [3.05, 3.63) is 48.3 Å². The number of hydrogen-bond acceptors (Lipinski definition) is 4. The highest BCUT2D eigenvalue weighted by Crippen LogP contribution is 2.39. The first-order chi connectivity index (χ1) is 11.2. The van der Waals surface area contributed by atoms with E-state index in [1.54, 1.807) is 0 Å². The first-order valence-corrected chi connectivity index (χ1v) is 9.01. The molecule has 0 N–H and O–H groups in total. The van der Waals surface area contributed by atoms with Crippen LogP contribution >= 0.6 is 11.3 Å². The summed E-state index contributed by atoms with van der Waals surface area (Å²) in [4.78, 5) is 9.82. The summed E-state index contributed by atoms with van der Waals surface area (Å²) in [6.07, 6.45) is 3.48. The van der Waals surface area contributed by atoms with Crippen molar-refractivity contribution in [1.29, 1.82) is 0 Å². The normalized spacial score (nSPS) is 24.7. The molecule has 0 radical (unpaired) electrons. The molecular formula is C18H20N4S. The molecule has 1 atom stereocenters. The third kappa shape index (κ3) is 2.03. The lowest BCUT2D eigenvalue weighted by Gasteiger charge is -2.42. The summed E-state index contributed by atoms with van der Waals surface area (Å²) in [6, 6.07) is 12.9. The van der Waals surface area contributed by atoms with Crippen molar-refractivity contribution in [1.82, 2.24) is 14.5 Å². The molecule has 1 fully saturated rings. The van der Waals surface area contributed by atoms with Crippen LogP contribution < -0.4 is 4.90 Å². The summed E-state index contributed by atoms with van der Waals surface area (Å²) in [6.45, 7) is 4.30. The fourth-order valence-electron chi connectivity index (χ4n) is 4.21. The van der Waals surface area contributed by atoms with Crippen molar-refractivity contribution in [3.8, 4) is 0 Å². The van der Waals surface area contributed by atoms with Crippen LogP contribution in [0, 0.1) is 0 Å². The molecule has 1 spiro atoms. The average molecular weight is 324 g/mol. The molecule has 118 valence electrons. The number of para-hydroxylation sites is 1. The molecule has 1 saturated heterocycles. The van der Waals surface area contributed by atoms with Gasteiger partial charge >= 0.3 is 0 Å². The van der Waals surface area contributed by atoms with E-state index in [1.165, 1.54) is 23.4 Å². The minimum absolute atomic E-state index is 0.198. The summed E-state index contributed by atoms with van der Waals surface area (Å²) in [5.74, 6) is 0. The van der Waals surface area contributed by atoms with Gasteiger partial charge in [-0.05, 0) is 37.7 Å². The van der Waals surface area contributed by atoms with Gasteiger partial charge in [0.1, 0.15) is 0 Å². The van der Waals surface area contributed by atoms with E-state index < -0.39 is 0 Å². The van der Waals surface area contributed by atoms with Gasteiger partial charge in [0.25, 0.3) is 0 Å². The number of thiazole rings is 1. The number of aromatic nitrogens is 2. The van der Waals surface area contributed by atoms with E-state index in [9.17, 15) is 0 Å². The van der Waals surface area contributed by atoms with Crippen molar-refractivity contribution in [2.75, 3.05) is 31.6 Å². The second-order valence-electron chi connectivity index (χ2n) is 6.90. The van der Waals surface area contributed by atoms with Crippen LogP contribution in [-0.2, 0) is 12.1 Å². The molecule has 0 amide bonds. The zero-order valence-corrected chi connectivity index (χ0v) is 14.1. The lowest BCUT2D eigenvalue weighted by molar-refractivity contribution is 0.256. The monoisotopic (exact) mass is 324 g/mol. The second kappa shape index (κ2) is 4.82. The third-order valence-corrected chi connectivity index (χ3v) is 6.36. The van der Waals surface area contributed by atoms with Crippen LogP contribution in [0.25, 0.3) is 10.2 Å². The molecule has 3 aromatic rings. The summed E-state index contributed by atoms with van der Waals surface area (Å²) in [5, 5.41) is 1.16. The number of anilines is 1. The summed E-state index contributed by atoms with van der Waals surface area (Å²) in [5.41, 5.74) is 2.72. The molecule has 23 heavy (non-hydrogen) atoms. The van der Waals surface area contributed by atoms with Gasteiger partial charge in [-0.2, -0.15) is 0 Å². The molecule has 1 aromatic carbocycles. The van der Waals surface area contributed by atoms with Gasteiger partial charge < -0.3 is 14.4 Å². The summed E-state index contributed by atoms with van der Waals surface area (Å²) >= 11 is 1.82. The van der Waals surface area contributed by atoms with Crippen LogP contribution in [0.15, 0.2) is 42.6 Å². The van der Waals surface area contributed by atoms with Crippen LogP contribution in [-0.4, -0.2) is 41.1 Å². The molecule has 0 aliphatic carbocycles. The predicted octanol–water partition coefficient (Wildman–Crippen LogP) is 3.15. The number of hydrogen-bond donors (Lipinski definition) is 0. The van der Waals surface area contributed by atoms with Gasteiger partial charge in [0.15, 0.2) is 5.13 Å². The highest BCUT2D eigenvalue weighted by atomic mass is 32.1. The van der Waals surface area contributed by atoms with Crippen molar-refractivity contribution >= 4 is 26.7 Å². The van der Waals surface area contributed by atoms with Crippen molar-refractivity contribution in [2.45, 2.75) is 18.5 Å². The van der Waals surface area contributed by atoms with E-state index in [2.05, 4.69) is 64.0 Å². The van der Waals surface area contributed by atoms with Gasteiger partial charge in [-0.3, -0.25) is 0 Å². The maximum Gasteiger partial charge on any atom is 0.186 e. The van der Waals surface area contributed by atoms with Crippen molar-refractivity contribution < 1.29 is 0 Å². The number of likely N-dealkylation sites (tertiary alicyclic amines) is 1. The molecule has 2 aliphatic rings. The summed E-state index contributed by atoms with van der Waals surface area (Å²) in [7, 11) is 2.23. The number of rotatable bonds is 1. The third-order valence-electron chi connectivity index (χ3n) is 5.26. The second-order valence-corrected chi connectivity index (χ2v) is 7.91. The Morgan fingerprint density at radius 3 is 2.87 bits per heavy atom. The zero-order valence-electron chi connectivity index (χ0n) is 13.3. The molecule has 0 bridgehead atoms. The lowest BCUT2D eigenvalue weighted by atomic mass is 9.94. The predicted molar refractivity (Wildman–Crippen MR) is 95.2 cm³/mol. The Hall–Kier alpha value is -1.85. The van der Waals surface area contributed by atoms with Gasteiger partial charge in [-0.1, -0.05) is 23.5 Å². The number of likely N-dealkylation sites (N-methyl/N-ethyl adjacent to an activating group) is 1. The molecule has 4 heterocycles. The largest absolute Gasteiger partial charge is 0.341 e. The highest BCUT2D eigenvalue weighted by molar-refractivity contribution is 7.22. The SMILES string of the molecule is CN1CCC2(C1)CN(c1nc3ccccc3s1)Cc1cccn12. The first-order valence-electron chi connectivity index (χ1n) is 8.19. The first kappa shape index (κ1) is 13.6. The number of nitrogens with zero attached hydrogens (tertiary/aromatic N) is 4. The van der Waals surface area contributed by atoms with E-state index in [-0.39, 0.29) is 5.54 Å². The standard InChI is InChI=1S/C18H20N4S/c1-20-10-8-18(12-20)13-21(11-14-5-4-9-22(14)18)17-19-15-6-2-3-7-16(15)23-17/h2-7,9H,8,10-13H2,1H3. The fraction of sp³-hybridized carbons (Fsp3) is 0.389. The van der Waals surface area contributed by atoms with Crippen molar-refractivity contribution in [2.24, 2.45) is 0 Å². The zero-order chi connectivity index (χ0) is 15.4. The van der Waals surface area contributed by atoms with E-state index >= 15 is 0 Å². The molecule has 4 nitrogen and oxygen atoms in total. The maximum atomic E-state index is 4.89. The van der Waals surface area contributed by atoms with Crippen LogP contribution in [0.3, 0.4) is 0 Å². The molecule has 5 heteroatoms. The number of benzene rings is 1. The van der Waals surface area contributed by atoms with E-state index in [0.29, 0.717) is 0 Å². The van der Waals surface area contributed by atoms with E-state index in [4.69, 9.17) is 4.98 Å². The minimum Gasteiger partial charge on any atom is -0.341 e. The smallest absolute Gasteiger partial charge is 0.186 e. The van der Waals surface area contributed by atoms with Gasteiger partial charge in [-0.25, -0.2) is 4.98 Å². The minimum atomic E-state index is 0.198. The lowest BCUT2D eigenvalue weighted by Crippen LogP contribution is -2.51. The molecule has 0 saturated carbocycles. The summed E-state index contributed by atoms with van der Waals surface area (Å²) < 4.78 is 3.81. The Morgan fingerprint density at radius 1 is 1.13 bits per heavy atom. The Balaban J connectivity index is 1.58. The van der Waals surface area contributed by atoms with Crippen LogP contribution in [0.5, 0.6) is 0 Å². The average Bonchev–Trinajstić information content (AvgIpc) is 3.25. The topological polar surface area (TPSA) is 24.3 Å². The molecule has 1 unspecified atom stereocenters. The van der Waals surface area contributed by atoms with E-state index in [1.807, 2.05) is 11.3 Å². The van der Waals surface area contributed by atoms with Crippen LogP contribution in [0.2, 0.25) is 0 Å². The Bertz CT molecular complexity index is 834. The van der Waals surface area contributed by atoms with Gasteiger partial charge in [0.05, 0.1) is 22.3 Å². The maximum absolute atomic E-state index is 4.89. The molecular weight excluding hydrogens is 304 g/mol. The number of fused-ring (bicyclic) bond motifs is 3. The Labute approximate surface area is 140 Å². The van der Waals surface area contributed by atoms with Crippen molar-refractivity contribution in [3.63, 3.8) is 0 Å². The van der Waals surface area contributed by atoms with Crippen LogP contribution in [0.4, 0.5) is 5.13 Å². The Kier molecular flexibility index (Phi) is 2.85. The molecule has 2 aromatic heterocycles. The highest BCUT2D eigenvalue weighted by Gasteiger charge is 2.43. The molecule has 5 rings (SSSR count). The van der Waals surface area contributed by atoms with Gasteiger partial charge in [0.2, 0.25) is 0 Å². The van der Waals surface area contributed by atoms with Gasteiger partial charge in [0, 0.05) is 31.5 Å². The Morgan fingerprint density at radius 2 is 2.04 bits per heavy atom. The quantitative estimate of drug-likeness (QED) is 0.687.